The van der Waals surface area contributed by atoms with E-state index in [4.69, 9.17) is 9.47 Å². The minimum atomic E-state index is -0.346. The van der Waals surface area contributed by atoms with Crippen LogP contribution in [0.15, 0.2) is 71.2 Å². The minimum absolute atomic E-state index is 0.346. The number of unbranched alkanes of at least 4 members (excludes halogenated alkanes) is 10. The van der Waals surface area contributed by atoms with Crippen molar-refractivity contribution in [3.05, 3.63) is 82.3 Å². The Labute approximate surface area is 244 Å². The van der Waals surface area contributed by atoms with E-state index in [0.29, 0.717) is 11.3 Å². The van der Waals surface area contributed by atoms with Crippen LogP contribution in [0.4, 0.5) is 0 Å². The van der Waals surface area contributed by atoms with Crippen LogP contribution in [0.2, 0.25) is 0 Å². The third-order valence-electron chi connectivity index (χ3n) is 7.11. The molecule has 0 unspecified atom stereocenters. The Bertz CT molecular complexity index is 1110. The van der Waals surface area contributed by atoms with Gasteiger partial charge < -0.3 is 9.47 Å². The SMILES string of the molecule is CCCCCCCCOc1ccc(-c2ccc(OC(=O)c3ccc(CCCCCCCC)c(Br)c3)cc2)cc1. The molecule has 0 amide bonds. The number of esters is 1. The molecule has 0 bridgehead atoms. The third kappa shape index (κ3) is 11.2. The molecule has 3 aromatic carbocycles. The van der Waals surface area contributed by atoms with E-state index in [1.165, 1.54) is 76.2 Å². The maximum atomic E-state index is 12.7. The van der Waals surface area contributed by atoms with Gasteiger partial charge in [-0.15, -0.1) is 0 Å². The first kappa shape index (κ1) is 30.9. The van der Waals surface area contributed by atoms with Gasteiger partial charge in [0, 0.05) is 4.47 Å². The van der Waals surface area contributed by atoms with Gasteiger partial charge in [-0.3, -0.25) is 0 Å². The first-order valence-electron chi connectivity index (χ1n) is 14.9. The molecule has 0 fully saturated rings. The smallest absolute Gasteiger partial charge is 0.343 e. The van der Waals surface area contributed by atoms with Crippen LogP contribution in [0.3, 0.4) is 0 Å². The highest BCUT2D eigenvalue weighted by atomic mass is 79.9. The molecule has 0 aromatic heterocycles. The fourth-order valence-corrected chi connectivity index (χ4v) is 5.25. The molecular formula is C35H45BrO3. The summed E-state index contributed by atoms with van der Waals surface area (Å²) in [5, 5.41) is 0. The summed E-state index contributed by atoms with van der Waals surface area (Å²) in [5.41, 5.74) is 3.96. The lowest BCUT2D eigenvalue weighted by Gasteiger charge is -2.10. The van der Waals surface area contributed by atoms with Gasteiger partial charge in [0.15, 0.2) is 0 Å². The van der Waals surface area contributed by atoms with Crippen molar-refractivity contribution in [3.63, 3.8) is 0 Å². The molecule has 0 saturated heterocycles. The topological polar surface area (TPSA) is 35.5 Å². The summed E-state index contributed by atoms with van der Waals surface area (Å²) in [6.45, 7) is 5.25. The van der Waals surface area contributed by atoms with Gasteiger partial charge >= 0.3 is 5.97 Å². The number of hydrogen-bond donors (Lipinski definition) is 0. The number of halogens is 1. The van der Waals surface area contributed by atoms with E-state index in [1.54, 1.807) is 0 Å². The molecule has 0 N–H and O–H groups in total. The molecule has 0 atom stereocenters. The number of aryl methyl sites for hydroxylation is 1. The highest BCUT2D eigenvalue weighted by Crippen LogP contribution is 2.26. The summed E-state index contributed by atoms with van der Waals surface area (Å²) in [5.74, 6) is 1.10. The van der Waals surface area contributed by atoms with Gasteiger partial charge in [-0.25, -0.2) is 4.79 Å². The molecule has 210 valence electrons. The number of carbonyl (C=O) groups is 1. The molecule has 39 heavy (non-hydrogen) atoms. The molecule has 0 heterocycles. The van der Waals surface area contributed by atoms with Crippen LogP contribution >= 0.6 is 15.9 Å². The monoisotopic (exact) mass is 592 g/mol. The van der Waals surface area contributed by atoms with E-state index >= 15 is 0 Å². The third-order valence-corrected chi connectivity index (χ3v) is 7.85. The maximum Gasteiger partial charge on any atom is 0.343 e. The lowest BCUT2D eigenvalue weighted by atomic mass is 10.0. The van der Waals surface area contributed by atoms with Crippen LogP contribution < -0.4 is 9.47 Å². The molecule has 4 heteroatoms. The van der Waals surface area contributed by atoms with Crippen LogP contribution in [0, 0.1) is 0 Å². The Morgan fingerprint density at radius 3 is 1.77 bits per heavy atom. The fraction of sp³-hybridized carbons (Fsp3) is 0.457. The standard InChI is InChI=1S/C35H45BrO3/c1-3-5-7-9-11-13-15-30-16-17-31(27-34(30)36)35(37)39-33-24-20-29(21-25-33)28-18-22-32(23-19-28)38-26-14-12-10-8-6-4-2/h16-25,27H,3-15,26H2,1-2H3. The second-order valence-corrected chi connectivity index (χ2v) is 11.2. The van der Waals surface area contributed by atoms with Gasteiger partial charge in [-0.1, -0.05) is 124 Å². The van der Waals surface area contributed by atoms with E-state index < -0.39 is 0 Å². The van der Waals surface area contributed by atoms with E-state index in [2.05, 4.69) is 41.9 Å². The van der Waals surface area contributed by atoms with E-state index in [-0.39, 0.29) is 5.97 Å². The minimum Gasteiger partial charge on any atom is -0.494 e. The quantitative estimate of drug-likeness (QED) is 0.0836. The van der Waals surface area contributed by atoms with Crippen molar-refractivity contribution in [1.29, 1.82) is 0 Å². The Morgan fingerprint density at radius 1 is 0.641 bits per heavy atom. The lowest BCUT2D eigenvalue weighted by molar-refractivity contribution is 0.0734. The zero-order chi connectivity index (χ0) is 27.7. The predicted molar refractivity (Wildman–Crippen MR) is 167 cm³/mol. The van der Waals surface area contributed by atoms with Crippen molar-refractivity contribution in [3.8, 4) is 22.6 Å². The lowest BCUT2D eigenvalue weighted by Crippen LogP contribution is -2.08. The largest absolute Gasteiger partial charge is 0.494 e. The highest BCUT2D eigenvalue weighted by molar-refractivity contribution is 9.10. The van der Waals surface area contributed by atoms with Gasteiger partial charge in [0.25, 0.3) is 0 Å². The summed E-state index contributed by atoms with van der Waals surface area (Å²) >= 11 is 3.65. The van der Waals surface area contributed by atoms with E-state index in [1.807, 2.05) is 54.6 Å². The summed E-state index contributed by atoms with van der Waals surface area (Å²) in [7, 11) is 0. The summed E-state index contributed by atoms with van der Waals surface area (Å²) in [4.78, 5) is 12.7. The van der Waals surface area contributed by atoms with E-state index in [9.17, 15) is 4.79 Å². The van der Waals surface area contributed by atoms with Gasteiger partial charge in [0.2, 0.25) is 0 Å². The van der Waals surface area contributed by atoms with Crippen LogP contribution in [0.5, 0.6) is 11.5 Å². The predicted octanol–water partition coefficient (Wildman–Crippen LogP) is 11.0. The van der Waals surface area contributed by atoms with Gasteiger partial charge in [0.1, 0.15) is 11.5 Å². The Morgan fingerprint density at radius 2 is 1.18 bits per heavy atom. The molecule has 3 aromatic rings. The normalized spacial score (nSPS) is 10.9. The first-order valence-corrected chi connectivity index (χ1v) is 15.7. The van der Waals surface area contributed by atoms with Crippen molar-refractivity contribution in [2.24, 2.45) is 0 Å². The number of rotatable bonds is 18. The number of benzene rings is 3. The molecule has 3 rings (SSSR count). The van der Waals surface area contributed by atoms with Crippen molar-refractivity contribution < 1.29 is 14.3 Å². The summed E-state index contributed by atoms with van der Waals surface area (Å²) in [6, 6.07) is 21.6. The first-order chi connectivity index (χ1) is 19.1. The highest BCUT2D eigenvalue weighted by Gasteiger charge is 2.12. The average Bonchev–Trinajstić information content (AvgIpc) is 2.96. The molecule has 0 aliphatic heterocycles. The van der Waals surface area contributed by atoms with E-state index in [0.717, 1.165) is 40.8 Å². The molecule has 0 spiro atoms. The maximum absolute atomic E-state index is 12.7. The molecule has 0 radical (unpaired) electrons. The number of ether oxygens (including phenoxy) is 2. The zero-order valence-corrected chi connectivity index (χ0v) is 25.4. The van der Waals surface area contributed by atoms with Gasteiger partial charge in [0.05, 0.1) is 12.2 Å². The second-order valence-electron chi connectivity index (χ2n) is 10.4. The number of hydrogen-bond acceptors (Lipinski definition) is 3. The van der Waals surface area contributed by atoms with Crippen LogP contribution in [-0.4, -0.2) is 12.6 Å². The van der Waals surface area contributed by atoms with Crippen molar-refractivity contribution in [1.82, 2.24) is 0 Å². The number of carbonyl (C=O) groups excluding carboxylic acids is 1. The average molecular weight is 594 g/mol. The second kappa shape index (κ2) is 17.9. The summed E-state index contributed by atoms with van der Waals surface area (Å²) in [6.07, 6.45) is 16.2. The molecule has 0 aliphatic carbocycles. The van der Waals surface area contributed by atoms with Crippen molar-refractivity contribution >= 4 is 21.9 Å². The van der Waals surface area contributed by atoms with Gasteiger partial charge in [-0.05, 0) is 72.4 Å². The molecular weight excluding hydrogens is 548 g/mol. The molecule has 3 nitrogen and oxygen atoms in total. The Kier molecular flexibility index (Phi) is 14.2. The van der Waals surface area contributed by atoms with Crippen LogP contribution in [0.1, 0.15) is 107 Å². The van der Waals surface area contributed by atoms with Gasteiger partial charge in [-0.2, -0.15) is 0 Å². The zero-order valence-electron chi connectivity index (χ0n) is 23.9. The van der Waals surface area contributed by atoms with Crippen molar-refractivity contribution in [2.75, 3.05) is 6.61 Å². The molecule has 0 saturated carbocycles. The Hall–Kier alpha value is -2.59. The molecule has 0 aliphatic rings. The Balaban J connectivity index is 1.44. The van der Waals surface area contributed by atoms with Crippen LogP contribution in [0.25, 0.3) is 11.1 Å². The van der Waals surface area contributed by atoms with Crippen molar-refractivity contribution in [2.45, 2.75) is 97.3 Å². The van der Waals surface area contributed by atoms with Crippen LogP contribution in [-0.2, 0) is 6.42 Å². The fourth-order valence-electron chi connectivity index (χ4n) is 4.67. The summed E-state index contributed by atoms with van der Waals surface area (Å²) < 4.78 is 12.5.